The van der Waals surface area contributed by atoms with Crippen molar-refractivity contribution in [1.82, 2.24) is 10.2 Å². The van der Waals surface area contributed by atoms with E-state index in [4.69, 9.17) is 9.84 Å². The fourth-order valence-electron chi connectivity index (χ4n) is 1.89. The fraction of sp³-hybridized carbons (Fsp3) is 0.0909. The summed E-state index contributed by atoms with van der Waals surface area (Å²) < 4.78 is 18.7. The zero-order valence-corrected chi connectivity index (χ0v) is 8.53. The van der Waals surface area contributed by atoms with Crippen molar-refractivity contribution in [2.45, 2.75) is 6.61 Å². The molecule has 1 aromatic carbocycles. The molecule has 0 saturated carbocycles. The molecule has 0 spiro atoms. The molecule has 1 aliphatic heterocycles. The predicted molar refractivity (Wildman–Crippen MR) is 55.3 cm³/mol. The van der Waals surface area contributed by atoms with Gasteiger partial charge >= 0.3 is 5.97 Å². The van der Waals surface area contributed by atoms with Gasteiger partial charge in [0.25, 0.3) is 0 Å². The second kappa shape index (κ2) is 3.31. The van der Waals surface area contributed by atoms with E-state index >= 15 is 0 Å². The summed E-state index contributed by atoms with van der Waals surface area (Å²) >= 11 is 0. The zero-order chi connectivity index (χ0) is 12.0. The van der Waals surface area contributed by atoms with Gasteiger partial charge in [0.1, 0.15) is 12.3 Å². The minimum absolute atomic E-state index is 0.00139. The summed E-state index contributed by atoms with van der Waals surface area (Å²) in [6.45, 7) is 0.00139. The molecule has 6 heteroatoms. The highest BCUT2D eigenvalue weighted by Gasteiger charge is 2.27. The molecule has 0 atom stereocenters. The quantitative estimate of drug-likeness (QED) is 0.788. The summed E-state index contributed by atoms with van der Waals surface area (Å²) in [6.07, 6.45) is 0. The Morgan fingerprint density at radius 2 is 2.35 bits per heavy atom. The van der Waals surface area contributed by atoms with Crippen LogP contribution in [-0.2, 0) is 6.61 Å². The molecule has 1 aromatic heterocycles. The van der Waals surface area contributed by atoms with Gasteiger partial charge in [-0.05, 0) is 12.1 Å². The number of aromatic amines is 1. The lowest BCUT2D eigenvalue weighted by Crippen LogP contribution is -2.09. The number of ether oxygens (including phenoxy) is 1. The zero-order valence-electron chi connectivity index (χ0n) is 8.53. The van der Waals surface area contributed by atoms with Crippen molar-refractivity contribution in [1.29, 1.82) is 0 Å². The summed E-state index contributed by atoms with van der Waals surface area (Å²) in [4.78, 5) is 10.9. The van der Waals surface area contributed by atoms with Gasteiger partial charge in [-0.15, -0.1) is 0 Å². The smallest absolute Gasteiger partial charge is 0.354 e. The third-order valence-corrected chi connectivity index (χ3v) is 2.66. The molecule has 2 N–H and O–H groups in total. The van der Waals surface area contributed by atoms with Crippen molar-refractivity contribution >= 4 is 5.97 Å². The van der Waals surface area contributed by atoms with Gasteiger partial charge in [-0.1, -0.05) is 6.07 Å². The number of carbonyl (C=O) groups is 1. The van der Waals surface area contributed by atoms with Crippen molar-refractivity contribution in [2.24, 2.45) is 0 Å². The molecular formula is C11H7FN2O3. The molecule has 86 valence electrons. The van der Waals surface area contributed by atoms with E-state index in [1.807, 2.05) is 0 Å². The van der Waals surface area contributed by atoms with Crippen molar-refractivity contribution < 1.29 is 19.0 Å². The maximum atomic E-state index is 13.5. The Hall–Kier alpha value is -2.37. The predicted octanol–water partition coefficient (Wildman–Crippen LogP) is 1.81. The average molecular weight is 234 g/mol. The number of nitrogens with one attached hydrogen (secondary N) is 1. The second-order valence-electron chi connectivity index (χ2n) is 3.64. The van der Waals surface area contributed by atoms with Gasteiger partial charge in [0.05, 0.1) is 5.56 Å². The lowest BCUT2D eigenvalue weighted by atomic mass is 10.0. The topological polar surface area (TPSA) is 75.2 Å². The first-order valence-corrected chi connectivity index (χ1v) is 4.90. The number of hydrogen-bond donors (Lipinski definition) is 2. The van der Waals surface area contributed by atoms with Crippen LogP contribution < -0.4 is 4.74 Å². The minimum Gasteiger partial charge on any atom is -0.485 e. The van der Waals surface area contributed by atoms with E-state index < -0.39 is 11.8 Å². The summed E-state index contributed by atoms with van der Waals surface area (Å²) in [6, 6.07) is 4.46. The number of carboxylic acid groups (broad SMARTS) is 1. The van der Waals surface area contributed by atoms with E-state index in [1.54, 1.807) is 6.07 Å². The number of fused-ring (bicyclic) bond motifs is 3. The van der Waals surface area contributed by atoms with Gasteiger partial charge in [-0.2, -0.15) is 5.10 Å². The third-order valence-electron chi connectivity index (χ3n) is 2.66. The lowest BCUT2D eigenvalue weighted by molar-refractivity contribution is 0.0687. The molecule has 0 bridgehead atoms. The molecule has 2 aromatic rings. The van der Waals surface area contributed by atoms with Crippen LogP contribution in [-0.4, -0.2) is 21.3 Å². The first-order chi connectivity index (χ1) is 8.18. The molecule has 0 aliphatic carbocycles. The van der Waals surface area contributed by atoms with Crippen molar-refractivity contribution in [3.63, 3.8) is 0 Å². The molecule has 0 amide bonds. The highest BCUT2D eigenvalue weighted by Crippen LogP contribution is 2.38. The van der Waals surface area contributed by atoms with E-state index in [9.17, 15) is 9.18 Å². The van der Waals surface area contributed by atoms with E-state index in [0.717, 1.165) is 0 Å². The molecular weight excluding hydrogens is 227 g/mol. The highest BCUT2D eigenvalue weighted by atomic mass is 19.1. The van der Waals surface area contributed by atoms with Gasteiger partial charge in [-0.3, -0.25) is 5.10 Å². The molecule has 0 saturated heterocycles. The number of hydrogen-bond acceptors (Lipinski definition) is 3. The number of rotatable bonds is 1. The van der Waals surface area contributed by atoms with Gasteiger partial charge < -0.3 is 9.84 Å². The van der Waals surface area contributed by atoms with Crippen LogP contribution in [0.4, 0.5) is 4.39 Å². The van der Waals surface area contributed by atoms with Crippen molar-refractivity contribution in [3.05, 3.63) is 35.3 Å². The first-order valence-electron chi connectivity index (χ1n) is 4.90. The van der Waals surface area contributed by atoms with Crippen molar-refractivity contribution in [2.75, 3.05) is 0 Å². The molecule has 0 radical (unpaired) electrons. The van der Waals surface area contributed by atoms with Crippen LogP contribution in [0, 0.1) is 5.82 Å². The molecule has 0 unspecified atom stereocenters. The largest absolute Gasteiger partial charge is 0.485 e. The van der Waals surface area contributed by atoms with Gasteiger partial charge in [0, 0.05) is 5.56 Å². The molecule has 17 heavy (non-hydrogen) atoms. The molecule has 1 aliphatic rings. The van der Waals surface area contributed by atoms with Gasteiger partial charge in [-0.25, -0.2) is 9.18 Å². The number of benzene rings is 1. The molecule has 0 fully saturated rings. The van der Waals surface area contributed by atoms with Crippen LogP contribution in [0.2, 0.25) is 0 Å². The number of nitrogens with zero attached hydrogens (tertiary/aromatic N) is 1. The normalized spacial score (nSPS) is 12.5. The number of H-pyrrole nitrogens is 1. The Morgan fingerprint density at radius 3 is 3.12 bits per heavy atom. The number of para-hydroxylation sites is 1. The minimum atomic E-state index is -1.11. The van der Waals surface area contributed by atoms with Crippen LogP contribution in [0.15, 0.2) is 18.2 Å². The van der Waals surface area contributed by atoms with E-state index in [0.29, 0.717) is 16.8 Å². The molecule has 3 rings (SSSR count). The maximum absolute atomic E-state index is 13.5. The van der Waals surface area contributed by atoms with Crippen LogP contribution in [0.1, 0.15) is 16.1 Å². The number of halogens is 1. The maximum Gasteiger partial charge on any atom is 0.354 e. The summed E-state index contributed by atoms with van der Waals surface area (Å²) in [5, 5.41) is 15.3. The standard InChI is InChI=1S/C11H7FN2O3/c12-7-3-1-2-5-8-6(4-17-10(5)7)9(11(15)16)14-13-8/h1-3H,4H2,(H,13,14)(H,15,16). The van der Waals surface area contributed by atoms with E-state index in [-0.39, 0.29) is 18.1 Å². The Labute approximate surface area is 94.8 Å². The summed E-state index contributed by atoms with van der Waals surface area (Å²) in [5.41, 5.74) is 1.32. The monoisotopic (exact) mass is 234 g/mol. The number of carboxylic acids is 1. The SMILES string of the molecule is O=C(O)c1[nH]nc2c1COc1c(F)cccc1-2. The molecule has 2 heterocycles. The van der Waals surface area contributed by atoms with Crippen molar-refractivity contribution in [3.8, 4) is 17.0 Å². The summed E-state index contributed by atoms with van der Waals surface area (Å²) in [7, 11) is 0. The summed E-state index contributed by atoms with van der Waals surface area (Å²) in [5.74, 6) is -1.47. The van der Waals surface area contributed by atoms with Crippen LogP contribution in [0.3, 0.4) is 0 Å². The average Bonchev–Trinajstić information content (AvgIpc) is 2.73. The van der Waals surface area contributed by atoms with Crippen LogP contribution in [0.25, 0.3) is 11.3 Å². The highest BCUT2D eigenvalue weighted by molar-refractivity contribution is 5.90. The van der Waals surface area contributed by atoms with Gasteiger partial charge in [0.2, 0.25) is 0 Å². The number of aromatic carboxylic acids is 1. The third kappa shape index (κ3) is 1.30. The van der Waals surface area contributed by atoms with E-state index in [2.05, 4.69) is 10.2 Å². The fourth-order valence-corrected chi connectivity index (χ4v) is 1.89. The van der Waals surface area contributed by atoms with Gasteiger partial charge in [0.15, 0.2) is 17.3 Å². The Bertz CT molecular complexity index is 621. The molecule has 5 nitrogen and oxygen atoms in total. The number of aromatic nitrogens is 2. The lowest BCUT2D eigenvalue weighted by Gasteiger charge is -2.17. The van der Waals surface area contributed by atoms with Crippen LogP contribution >= 0.6 is 0 Å². The Morgan fingerprint density at radius 1 is 1.53 bits per heavy atom. The Balaban J connectivity index is 2.25. The second-order valence-corrected chi connectivity index (χ2v) is 3.64. The van der Waals surface area contributed by atoms with E-state index in [1.165, 1.54) is 12.1 Å². The first kappa shape index (κ1) is 9.83. The van der Waals surface area contributed by atoms with Crippen LogP contribution in [0.5, 0.6) is 5.75 Å². The Kier molecular flexibility index (Phi) is 1.91.